The van der Waals surface area contributed by atoms with Crippen LogP contribution in [-0.2, 0) is 9.59 Å². The van der Waals surface area contributed by atoms with Crippen molar-refractivity contribution < 1.29 is 19.8 Å². The number of nitrogens with one attached hydrogen (secondary N) is 2. The van der Waals surface area contributed by atoms with E-state index in [-0.39, 0.29) is 0 Å². The molecule has 0 aromatic carbocycles. The molecule has 0 amide bonds. The summed E-state index contributed by atoms with van der Waals surface area (Å²) in [6.07, 6.45) is 3.58. The first-order valence-corrected chi connectivity index (χ1v) is 5.72. The van der Waals surface area contributed by atoms with Gasteiger partial charge in [-0.05, 0) is 6.42 Å². The molecule has 1 heterocycles. The number of nitrogens with zero attached hydrogens (tertiary/aromatic N) is 1. The van der Waals surface area contributed by atoms with Gasteiger partial charge < -0.3 is 20.8 Å². The fourth-order valence-corrected chi connectivity index (χ4v) is 1.04. The molecular weight excluding hydrogens is 238 g/mol. The van der Waals surface area contributed by atoms with Crippen molar-refractivity contribution >= 4 is 17.9 Å². The second-order valence-corrected chi connectivity index (χ2v) is 3.45. The SMILES string of the molecule is CCCCNC1=NCCN1.O=C(O)/C=C\C(=O)O. The lowest BCUT2D eigenvalue weighted by atomic mass is 10.3. The van der Waals surface area contributed by atoms with Crippen molar-refractivity contribution in [3.05, 3.63) is 12.2 Å². The Morgan fingerprint density at radius 3 is 2.39 bits per heavy atom. The van der Waals surface area contributed by atoms with Gasteiger partial charge in [0.15, 0.2) is 5.96 Å². The minimum atomic E-state index is -1.26. The maximum Gasteiger partial charge on any atom is 0.328 e. The van der Waals surface area contributed by atoms with E-state index in [4.69, 9.17) is 10.2 Å². The molecule has 7 heteroatoms. The van der Waals surface area contributed by atoms with Crippen molar-refractivity contribution in [3.8, 4) is 0 Å². The Balaban J connectivity index is 0.000000331. The molecule has 0 saturated carbocycles. The molecule has 0 unspecified atom stereocenters. The van der Waals surface area contributed by atoms with Gasteiger partial charge in [0.1, 0.15) is 0 Å². The van der Waals surface area contributed by atoms with Crippen LogP contribution in [0.2, 0.25) is 0 Å². The maximum absolute atomic E-state index is 9.55. The molecule has 18 heavy (non-hydrogen) atoms. The molecule has 0 bridgehead atoms. The standard InChI is InChI=1S/C7H15N3.C4H4O4/c1-2-3-4-8-7-9-5-6-10-7;5-3(6)1-2-4(7)8/h2-6H2,1H3,(H2,8,9,10);1-2H,(H,5,6)(H,7,8)/b;2-1-. The fraction of sp³-hybridized carbons (Fsp3) is 0.545. The zero-order valence-electron chi connectivity index (χ0n) is 10.3. The largest absolute Gasteiger partial charge is 0.478 e. The van der Waals surface area contributed by atoms with Crippen LogP contribution < -0.4 is 10.6 Å². The van der Waals surface area contributed by atoms with Gasteiger partial charge in [0.2, 0.25) is 0 Å². The summed E-state index contributed by atoms with van der Waals surface area (Å²) < 4.78 is 0. The summed E-state index contributed by atoms with van der Waals surface area (Å²) in [5.41, 5.74) is 0. The summed E-state index contributed by atoms with van der Waals surface area (Å²) in [6.45, 7) is 5.15. The number of hydrogen-bond donors (Lipinski definition) is 4. The van der Waals surface area contributed by atoms with Crippen LogP contribution in [0.3, 0.4) is 0 Å². The monoisotopic (exact) mass is 257 g/mol. The summed E-state index contributed by atoms with van der Waals surface area (Å²) in [7, 11) is 0. The molecule has 0 radical (unpaired) electrons. The Kier molecular flexibility index (Phi) is 8.97. The van der Waals surface area contributed by atoms with E-state index in [2.05, 4.69) is 22.5 Å². The normalized spacial score (nSPS) is 13.3. The second-order valence-electron chi connectivity index (χ2n) is 3.45. The van der Waals surface area contributed by atoms with E-state index in [9.17, 15) is 9.59 Å². The highest BCUT2D eigenvalue weighted by Crippen LogP contribution is 1.85. The van der Waals surface area contributed by atoms with E-state index in [1.807, 2.05) is 0 Å². The minimum Gasteiger partial charge on any atom is -0.478 e. The molecule has 102 valence electrons. The van der Waals surface area contributed by atoms with Crippen molar-refractivity contribution in [2.75, 3.05) is 19.6 Å². The summed E-state index contributed by atoms with van der Waals surface area (Å²) >= 11 is 0. The molecule has 0 aromatic heterocycles. The molecule has 7 nitrogen and oxygen atoms in total. The number of aliphatic imine (C=N–C) groups is 1. The van der Waals surface area contributed by atoms with Crippen molar-refractivity contribution in [2.45, 2.75) is 19.8 Å². The Morgan fingerprint density at radius 2 is 2.00 bits per heavy atom. The molecule has 1 rings (SSSR count). The third kappa shape index (κ3) is 10.5. The summed E-state index contributed by atoms with van der Waals surface area (Å²) in [4.78, 5) is 23.3. The zero-order chi connectivity index (χ0) is 13.8. The molecular formula is C11H19N3O4. The number of hydrogen-bond acceptors (Lipinski definition) is 5. The van der Waals surface area contributed by atoms with Gasteiger partial charge in [-0.3, -0.25) is 4.99 Å². The highest BCUT2D eigenvalue weighted by atomic mass is 16.4. The van der Waals surface area contributed by atoms with E-state index >= 15 is 0 Å². The minimum absolute atomic E-state index is 0.558. The third-order valence-electron chi connectivity index (χ3n) is 1.87. The topological polar surface area (TPSA) is 111 Å². The zero-order valence-corrected chi connectivity index (χ0v) is 10.3. The quantitative estimate of drug-likeness (QED) is 0.409. The van der Waals surface area contributed by atoms with E-state index in [1.165, 1.54) is 12.8 Å². The van der Waals surface area contributed by atoms with Crippen LogP contribution >= 0.6 is 0 Å². The van der Waals surface area contributed by atoms with Crippen molar-refractivity contribution in [2.24, 2.45) is 4.99 Å². The first kappa shape index (κ1) is 16.0. The van der Waals surface area contributed by atoms with E-state index in [1.54, 1.807) is 0 Å². The number of unbranched alkanes of at least 4 members (excludes halogenated alkanes) is 1. The van der Waals surface area contributed by atoms with E-state index in [0.717, 1.165) is 25.6 Å². The number of carboxylic acids is 2. The number of aliphatic carboxylic acids is 2. The summed E-state index contributed by atoms with van der Waals surface area (Å²) in [5, 5.41) is 22.0. The number of guanidine groups is 1. The van der Waals surface area contributed by atoms with Gasteiger partial charge in [-0.25, -0.2) is 9.59 Å². The van der Waals surface area contributed by atoms with Crippen LogP contribution in [0.4, 0.5) is 0 Å². The molecule has 0 aromatic rings. The first-order valence-electron chi connectivity index (χ1n) is 5.72. The van der Waals surface area contributed by atoms with Crippen molar-refractivity contribution in [3.63, 3.8) is 0 Å². The Labute approximate surface area is 106 Å². The van der Waals surface area contributed by atoms with Crippen LogP contribution in [0, 0.1) is 0 Å². The van der Waals surface area contributed by atoms with Gasteiger partial charge in [0.05, 0.1) is 6.54 Å². The van der Waals surface area contributed by atoms with Gasteiger partial charge in [-0.2, -0.15) is 0 Å². The van der Waals surface area contributed by atoms with Crippen molar-refractivity contribution in [1.82, 2.24) is 10.6 Å². The average Bonchev–Trinajstić information content (AvgIpc) is 2.81. The van der Waals surface area contributed by atoms with Crippen LogP contribution in [0.15, 0.2) is 17.1 Å². The Morgan fingerprint density at radius 1 is 1.39 bits per heavy atom. The molecule has 0 saturated heterocycles. The molecule has 0 aliphatic carbocycles. The lowest BCUT2D eigenvalue weighted by molar-refractivity contribution is -0.134. The smallest absolute Gasteiger partial charge is 0.328 e. The van der Waals surface area contributed by atoms with Crippen molar-refractivity contribution in [1.29, 1.82) is 0 Å². The van der Waals surface area contributed by atoms with Gasteiger partial charge in [-0.15, -0.1) is 0 Å². The average molecular weight is 257 g/mol. The third-order valence-corrected chi connectivity index (χ3v) is 1.87. The number of carboxylic acid groups (broad SMARTS) is 2. The predicted octanol–water partition coefficient (Wildman–Crippen LogP) is 0.0471. The van der Waals surface area contributed by atoms with E-state index < -0.39 is 11.9 Å². The predicted molar refractivity (Wildman–Crippen MR) is 67.6 cm³/mol. The molecule has 1 aliphatic rings. The Bertz CT molecular complexity index is 310. The molecule has 0 atom stereocenters. The van der Waals surface area contributed by atoms with Crippen LogP contribution in [0.5, 0.6) is 0 Å². The highest BCUT2D eigenvalue weighted by Gasteiger charge is 2.01. The van der Waals surface area contributed by atoms with Crippen LogP contribution in [0.1, 0.15) is 19.8 Å². The number of rotatable bonds is 5. The summed E-state index contributed by atoms with van der Waals surface area (Å²) in [5.74, 6) is -1.53. The fourth-order valence-electron chi connectivity index (χ4n) is 1.04. The molecule has 4 N–H and O–H groups in total. The molecule has 0 fully saturated rings. The highest BCUT2D eigenvalue weighted by molar-refractivity contribution is 5.89. The summed E-state index contributed by atoms with van der Waals surface area (Å²) in [6, 6.07) is 0. The lowest BCUT2D eigenvalue weighted by Gasteiger charge is -2.03. The van der Waals surface area contributed by atoms with Crippen LogP contribution in [0.25, 0.3) is 0 Å². The lowest BCUT2D eigenvalue weighted by Crippen LogP contribution is -2.34. The second kappa shape index (κ2) is 10.1. The maximum atomic E-state index is 9.55. The van der Waals surface area contributed by atoms with Crippen LogP contribution in [-0.4, -0.2) is 47.7 Å². The van der Waals surface area contributed by atoms with Gasteiger partial charge in [0, 0.05) is 25.2 Å². The first-order chi connectivity index (χ1) is 8.56. The van der Waals surface area contributed by atoms with Gasteiger partial charge in [0.25, 0.3) is 0 Å². The Hall–Kier alpha value is -2.05. The number of carbonyl (C=O) groups is 2. The van der Waals surface area contributed by atoms with Gasteiger partial charge >= 0.3 is 11.9 Å². The molecule has 0 spiro atoms. The molecule has 1 aliphatic heterocycles. The van der Waals surface area contributed by atoms with Gasteiger partial charge in [-0.1, -0.05) is 13.3 Å². The van der Waals surface area contributed by atoms with E-state index in [0.29, 0.717) is 12.2 Å².